The van der Waals surface area contributed by atoms with E-state index < -0.39 is 0 Å². The average molecular weight is 277 g/mol. The summed E-state index contributed by atoms with van der Waals surface area (Å²) in [6.07, 6.45) is 7.72. The van der Waals surface area contributed by atoms with E-state index in [1.165, 1.54) is 36.3 Å². The van der Waals surface area contributed by atoms with Crippen LogP contribution in [0.1, 0.15) is 48.9 Å². The highest BCUT2D eigenvalue weighted by Gasteiger charge is 2.34. The van der Waals surface area contributed by atoms with Gasteiger partial charge in [-0.3, -0.25) is 4.40 Å². The first kappa shape index (κ1) is 13.1. The minimum atomic E-state index is 0.586. The lowest BCUT2D eigenvalue weighted by Crippen LogP contribution is -2.39. The maximum atomic E-state index is 4.64. The Hall–Kier alpha value is -0.870. The number of imidazole rings is 1. The second-order valence-electron chi connectivity index (χ2n) is 5.95. The van der Waals surface area contributed by atoms with Crippen LogP contribution in [0.15, 0.2) is 6.20 Å². The summed E-state index contributed by atoms with van der Waals surface area (Å²) in [4.78, 5) is 7.10. The minimum absolute atomic E-state index is 0.586. The SMILES string of the molecule is CCC1(CNCc2c(C)nc3sc(C)cn23)CCC1. The summed E-state index contributed by atoms with van der Waals surface area (Å²) in [5.41, 5.74) is 3.07. The third kappa shape index (κ3) is 2.32. The van der Waals surface area contributed by atoms with Gasteiger partial charge in [-0.05, 0) is 38.5 Å². The molecule has 1 N–H and O–H groups in total. The van der Waals surface area contributed by atoms with Gasteiger partial charge in [-0.1, -0.05) is 13.3 Å². The van der Waals surface area contributed by atoms with Gasteiger partial charge in [-0.2, -0.15) is 0 Å². The van der Waals surface area contributed by atoms with Gasteiger partial charge >= 0.3 is 0 Å². The molecule has 1 fully saturated rings. The van der Waals surface area contributed by atoms with E-state index in [1.807, 2.05) is 0 Å². The van der Waals surface area contributed by atoms with E-state index in [0.717, 1.165) is 23.7 Å². The molecule has 19 heavy (non-hydrogen) atoms. The van der Waals surface area contributed by atoms with Crippen molar-refractivity contribution in [3.63, 3.8) is 0 Å². The molecule has 3 nitrogen and oxygen atoms in total. The van der Waals surface area contributed by atoms with Gasteiger partial charge < -0.3 is 5.32 Å². The molecule has 0 radical (unpaired) electrons. The van der Waals surface area contributed by atoms with Crippen LogP contribution in [0.4, 0.5) is 0 Å². The molecule has 2 aromatic rings. The number of thiazole rings is 1. The Morgan fingerprint density at radius 1 is 1.42 bits per heavy atom. The Kier molecular flexibility index (Phi) is 3.39. The number of hydrogen-bond acceptors (Lipinski definition) is 3. The fourth-order valence-electron chi connectivity index (χ4n) is 3.10. The molecule has 0 amide bonds. The zero-order valence-electron chi connectivity index (χ0n) is 12.1. The maximum Gasteiger partial charge on any atom is 0.194 e. The average Bonchev–Trinajstić information content (AvgIpc) is 2.79. The van der Waals surface area contributed by atoms with Crippen LogP contribution < -0.4 is 5.32 Å². The predicted molar refractivity (Wildman–Crippen MR) is 80.8 cm³/mol. The molecule has 2 aromatic heterocycles. The summed E-state index contributed by atoms with van der Waals surface area (Å²) >= 11 is 1.77. The van der Waals surface area contributed by atoms with Crippen molar-refractivity contribution < 1.29 is 0 Å². The van der Waals surface area contributed by atoms with Gasteiger partial charge in [-0.25, -0.2) is 4.98 Å². The molecule has 0 saturated heterocycles. The molecule has 1 aliphatic rings. The highest BCUT2D eigenvalue weighted by atomic mass is 32.1. The van der Waals surface area contributed by atoms with Gasteiger partial charge in [-0.15, -0.1) is 11.3 Å². The van der Waals surface area contributed by atoms with E-state index in [0.29, 0.717) is 5.41 Å². The molecule has 0 aromatic carbocycles. The van der Waals surface area contributed by atoms with Crippen LogP contribution in [0.5, 0.6) is 0 Å². The summed E-state index contributed by atoms with van der Waals surface area (Å²) in [6.45, 7) is 8.67. The summed E-state index contributed by atoms with van der Waals surface area (Å²) in [6, 6.07) is 0. The number of aryl methyl sites for hydroxylation is 2. The normalized spacial score (nSPS) is 17.8. The molecule has 0 atom stereocenters. The summed E-state index contributed by atoms with van der Waals surface area (Å²) < 4.78 is 2.25. The fraction of sp³-hybridized carbons (Fsp3) is 0.667. The van der Waals surface area contributed by atoms with Gasteiger partial charge in [0.05, 0.1) is 11.4 Å². The van der Waals surface area contributed by atoms with Crippen LogP contribution in [-0.2, 0) is 6.54 Å². The Labute approximate surface area is 119 Å². The van der Waals surface area contributed by atoms with E-state index in [4.69, 9.17) is 0 Å². The van der Waals surface area contributed by atoms with Gasteiger partial charge in [0.25, 0.3) is 0 Å². The van der Waals surface area contributed by atoms with E-state index in [9.17, 15) is 0 Å². The van der Waals surface area contributed by atoms with E-state index >= 15 is 0 Å². The van der Waals surface area contributed by atoms with Crippen molar-refractivity contribution in [3.8, 4) is 0 Å². The van der Waals surface area contributed by atoms with Crippen LogP contribution in [0, 0.1) is 19.3 Å². The molecule has 0 unspecified atom stereocenters. The monoisotopic (exact) mass is 277 g/mol. The van der Waals surface area contributed by atoms with Crippen LogP contribution in [0.2, 0.25) is 0 Å². The number of aromatic nitrogens is 2. The third-order valence-electron chi connectivity index (χ3n) is 4.70. The number of nitrogens with zero attached hydrogens (tertiary/aromatic N) is 2. The number of rotatable bonds is 5. The number of fused-ring (bicyclic) bond motifs is 1. The second kappa shape index (κ2) is 4.91. The Morgan fingerprint density at radius 3 is 2.84 bits per heavy atom. The topological polar surface area (TPSA) is 29.3 Å². The van der Waals surface area contributed by atoms with E-state index in [2.05, 4.69) is 41.7 Å². The molecular formula is C15H23N3S. The molecule has 104 valence electrons. The molecule has 1 aliphatic carbocycles. The van der Waals surface area contributed by atoms with Crippen molar-refractivity contribution in [2.75, 3.05) is 6.54 Å². The van der Waals surface area contributed by atoms with Crippen molar-refractivity contribution >= 4 is 16.3 Å². The Bertz CT molecular complexity index is 572. The van der Waals surface area contributed by atoms with Crippen molar-refractivity contribution in [2.24, 2.45) is 5.41 Å². The van der Waals surface area contributed by atoms with Gasteiger partial charge in [0, 0.05) is 24.2 Å². The standard InChI is InChI=1S/C15H23N3S/c1-4-15(6-5-7-15)10-16-8-13-12(3)17-14-18(13)9-11(2)19-14/h9,16H,4-8,10H2,1-3H3. The lowest BCUT2D eigenvalue weighted by molar-refractivity contribution is 0.123. The fourth-order valence-corrected chi connectivity index (χ4v) is 3.99. The predicted octanol–water partition coefficient (Wildman–Crippen LogP) is 3.68. The zero-order chi connectivity index (χ0) is 13.5. The largest absolute Gasteiger partial charge is 0.311 e. The number of nitrogens with one attached hydrogen (secondary N) is 1. The quantitative estimate of drug-likeness (QED) is 0.903. The molecule has 3 rings (SSSR count). The molecule has 0 spiro atoms. The van der Waals surface area contributed by atoms with Crippen molar-refractivity contribution in [3.05, 3.63) is 22.5 Å². The first-order valence-electron chi connectivity index (χ1n) is 7.28. The van der Waals surface area contributed by atoms with E-state index in [1.54, 1.807) is 11.3 Å². The van der Waals surface area contributed by atoms with Gasteiger partial charge in [0.1, 0.15) is 0 Å². The zero-order valence-corrected chi connectivity index (χ0v) is 12.9. The molecular weight excluding hydrogens is 254 g/mol. The van der Waals surface area contributed by atoms with Crippen LogP contribution in [0.25, 0.3) is 4.96 Å². The van der Waals surface area contributed by atoms with Crippen molar-refractivity contribution in [1.29, 1.82) is 0 Å². The molecule has 4 heteroatoms. The Morgan fingerprint density at radius 2 is 2.21 bits per heavy atom. The van der Waals surface area contributed by atoms with Crippen molar-refractivity contribution in [1.82, 2.24) is 14.7 Å². The van der Waals surface area contributed by atoms with Crippen LogP contribution in [-0.4, -0.2) is 15.9 Å². The van der Waals surface area contributed by atoms with E-state index in [-0.39, 0.29) is 0 Å². The highest BCUT2D eigenvalue weighted by molar-refractivity contribution is 7.17. The Balaban J connectivity index is 1.69. The maximum absolute atomic E-state index is 4.64. The van der Waals surface area contributed by atoms with Crippen LogP contribution in [0.3, 0.4) is 0 Å². The molecule has 1 saturated carbocycles. The molecule has 0 bridgehead atoms. The summed E-state index contributed by atoms with van der Waals surface area (Å²) in [7, 11) is 0. The number of hydrogen-bond donors (Lipinski definition) is 1. The molecule has 0 aliphatic heterocycles. The lowest BCUT2D eigenvalue weighted by Gasteiger charge is -2.41. The highest BCUT2D eigenvalue weighted by Crippen LogP contribution is 2.43. The first-order chi connectivity index (χ1) is 9.13. The van der Waals surface area contributed by atoms with Crippen molar-refractivity contribution in [2.45, 2.75) is 53.0 Å². The van der Waals surface area contributed by atoms with Crippen LogP contribution >= 0.6 is 11.3 Å². The summed E-state index contributed by atoms with van der Waals surface area (Å²) in [5, 5.41) is 3.67. The lowest BCUT2D eigenvalue weighted by atomic mass is 9.67. The molecule has 2 heterocycles. The first-order valence-corrected chi connectivity index (χ1v) is 8.10. The smallest absolute Gasteiger partial charge is 0.194 e. The summed E-state index contributed by atoms with van der Waals surface area (Å²) in [5.74, 6) is 0. The van der Waals surface area contributed by atoms with Gasteiger partial charge in [0.2, 0.25) is 0 Å². The third-order valence-corrected chi connectivity index (χ3v) is 5.60. The second-order valence-corrected chi connectivity index (χ2v) is 7.16. The van der Waals surface area contributed by atoms with Gasteiger partial charge in [0.15, 0.2) is 4.96 Å². The minimum Gasteiger partial charge on any atom is -0.311 e.